The number of fused-ring (bicyclic) bond motifs is 6. The first-order valence-electron chi connectivity index (χ1n) is 17.6. The van der Waals surface area contributed by atoms with Crippen molar-refractivity contribution in [2.45, 2.75) is 34.1 Å². The molecule has 0 aliphatic heterocycles. The summed E-state index contributed by atoms with van der Waals surface area (Å²) in [6.45, 7) is 1.16. The van der Waals surface area contributed by atoms with Gasteiger partial charge in [-0.2, -0.15) is 27.0 Å². The molecule has 60 heavy (non-hydrogen) atoms. The van der Waals surface area contributed by atoms with Gasteiger partial charge in [-0.1, -0.05) is 46.4 Å². The van der Waals surface area contributed by atoms with E-state index in [1.54, 1.807) is 24.3 Å². The standard InChI is InChI=1S/C37H27Cl4F2N5O8S4/c1-46(12-4-2-6-22(42)30-34-32(36-26(55-34)16-28(57-36)59(49,50)51)47(44-30)24-10-8-18(38)14-20(24)40)13-5-3-7-23(43)31-35-33(37-27(56-35)17-29(58-37)60(52,53)54)48(45-31)25-11-9-19(39)15-21(25)41/h6-11,14-17H,2-5,12-13H2,1H3,(H,49,50,51)(H,52,53,54)/b22-6-,23-7-. The summed E-state index contributed by atoms with van der Waals surface area (Å²) >= 11 is 26.6. The van der Waals surface area contributed by atoms with E-state index in [0.717, 1.165) is 34.8 Å². The van der Waals surface area contributed by atoms with Crippen LogP contribution in [0.25, 0.3) is 65.8 Å². The van der Waals surface area contributed by atoms with E-state index in [0.29, 0.717) is 69.6 Å². The molecule has 0 atom stereocenters. The number of nitrogens with zero attached hydrogens (tertiary/aromatic N) is 5. The van der Waals surface area contributed by atoms with Crippen LogP contribution in [0.2, 0.25) is 20.1 Å². The molecular weight excluding hydrogens is 951 g/mol. The lowest BCUT2D eigenvalue weighted by molar-refractivity contribution is 0.326. The van der Waals surface area contributed by atoms with Crippen LogP contribution in [0, 0.1) is 0 Å². The Hall–Kier alpha value is -3.86. The van der Waals surface area contributed by atoms with Crippen molar-refractivity contribution in [2.24, 2.45) is 0 Å². The molecule has 23 heteroatoms. The van der Waals surface area contributed by atoms with E-state index >= 15 is 8.78 Å². The fourth-order valence-electron chi connectivity index (χ4n) is 6.51. The van der Waals surface area contributed by atoms with E-state index in [9.17, 15) is 25.9 Å². The number of allylic oxidation sites excluding steroid dienone is 2. The van der Waals surface area contributed by atoms with Gasteiger partial charge in [0.25, 0.3) is 0 Å². The molecule has 0 unspecified atom stereocenters. The summed E-state index contributed by atoms with van der Waals surface area (Å²) in [7, 11) is -7.18. The molecule has 0 aliphatic rings. The second-order valence-corrected chi connectivity index (χ2v) is 20.5. The molecule has 0 saturated carbocycles. The Morgan fingerprint density at radius 2 is 1.12 bits per heavy atom. The van der Waals surface area contributed by atoms with Crippen LogP contribution in [0.3, 0.4) is 0 Å². The van der Waals surface area contributed by atoms with Crippen molar-refractivity contribution in [3.05, 3.63) is 92.2 Å². The van der Waals surface area contributed by atoms with Crippen molar-refractivity contribution in [1.29, 1.82) is 0 Å². The van der Waals surface area contributed by atoms with Crippen molar-refractivity contribution in [2.75, 3.05) is 20.1 Å². The van der Waals surface area contributed by atoms with Crippen LogP contribution < -0.4 is 0 Å². The highest BCUT2D eigenvalue weighted by Crippen LogP contribution is 2.44. The molecule has 8 rings (SSSR count). The molecule has 0 fully saturated rings. The molecule has 0 amide bonds. The van der Waals surface area contributed by atoms with E-state index in [2.05, 4.69) is 10.2 Å². The zero-order valence-corrected chi connectivity index (χ0v) is 36.8. The Morgan fingerprint density at radius 3 is 1.48 bits per heavy atom. The normalized spacial score (nSPS) is 13.4. The minimum Gasteiger partial charge on any atom is -0.451 e. The van der Waals surface area contributed by atoms with Gasteiger partial charge >= 0.3 is 20.2 Å². The second kappa shape index (κ2) is 16.4. The average molecular weight is 978 g/mol. The van der Waals surface area contributed by atoms with Gasteiger partial charge in [-0.25, -0.2) is 18.1 Å². The molecule has 6 heterocycles. The highest BCUT2D eigenvalue weighted by Gasteiger charge is 2.29. The molecule has 2 aromatic carbocycles. The van der Waals surface area contributed by atoms with Gasteiger partial charge in [0.05, 0.1) is 21.4 Å². The monoisotopic (exact) mass is 975 g/mol. The first-order chi connectivity index (χ1) is 28.4. The number of aromatic nitrogens is 4. The molecule has 8 aromatic rings. The number of thiophene rings is 2. The largest absolute Gasteiger partial charge is 0.451 e. The van der Waals surface area contributed by atoms with E-state index in [-0.39, 0.29) is 63.2 Å². The van der Waals surface area contributed by atoms with Crippen LogP contribution in [0.15, 0.2) is 77.9 Å². The van der Waals surface area contributed by atoms with E-state index in [1.165, 1.54) is 33.6 Å². The summed E-state index contributed by atoms with van der Waals surface area (Å²) in [4.78, 5) is 2.02. The third kappa shape index (κ3) is 8.25. The van der Waals surface area contributed by atoms with Crippen molar-refractivity contribution in [3.63, 3.8) is 0 Å². The third-order valence-electron chi connectivity index (χ3n) is 9.26. The summed E-state index contributed by atoms with van der Waals surface area (Å²) in [6.07, 6.45) is 4.52. The quantitative estimate of drug-likeness (QED) is 0.0784. The maximum absolute atomic E-state index is 15.8. The maximum Gasteiger partial charge on any atom is 0.304 e. The molecule has 2 N–H and O–H groups in total. The topological polar surface area (TPSA) is 174 Å². The maximum atomic E-state index is 15.8. The molecule has 13 nitrogen and oxygen atoms in total. The van der Waals surface area contributed by atoms with Crippen molar-refractivity contribution >= 4 is 144 Å². The van der Waals surface area contributed by atoms with Crippen LogP contribution in [0.4, 0.5) is 8.78 Å². The lowest BCUT2D eigenvalue weighted by atomic mass is 10.2. The molecule has 0 saturated heterocycles. The van der Waals surface area contributed by atoms with Gasteiger partial charge in [-0.05, 0) is 94.4 Å². The van der Waals surface area contributed by atoms with Gasteiger partial charge in [0.15, 0.2) is 42.6 Å². The number of benzene rings is 2. The molecule has 6 aromatic heterocycles. The number of halogens is 6. The molecule has 0 spiro atoms. The SMILES string of the molecule is CN(CCC/C=C(\F)c1nn(-c2ccc(Cl)cc2Cl)c2c1oc1cc(S(=O)(=O)O)sc12)CCC/C=C(\F)c1nn(-c2ccc(Cl)cc2Cl)c2c1oc1cc(S(=O)(=O)O)sc12. The number of hydrogen-bond donors (Lipinski definition) is 2. The lowest BCUT2D eigenvalue weighted by Crippen LogP contribution is -2.20. The van der Waals surface area contributed by atoms with Crippen LogP contribution >= 0.6 is 69.1 Å². The Labute approximate surface area is 367 Å². The van der Waals surface area contributed by atoms with E-state index in [1.807, 2.05) is 11.9 Å². The molecule has 0 bridgehead atoms. The zero-order chi connectivity index (χ0) is 42.8. The lowest BCUT2D eigenvalue weighted by Gasteiger charge is -2.15. The minimum absolute atomic E-state index is 0.0646. The van der Waals surface area contributed by atoms with Crippen LogP contribution in [-0.2, 0) is 20.2 Å². The van der Waals surface area contributed by atoms with E-state index < -0.39 is 31.9 Å². The summed E-state index contributed by atoms with van der Waals surface area (Å²) in [5.41, 5.74) is 1.34. The summed E-state index contributed by atoms with van der Waals surface area (Å²) < 4.78 is 113. The van der Waals surface area contributed by atoms with Gasteiger partial charge in [0.2, 0.25) is 0 Å². The van der Waals surface area contributed by atoms with Gasteiger partial charge in [0.1, 0.15) is 31.6 Å². The average Bonchev–Trinajstić information content (AvgIpc) is 4.00. The van der Waals surface area contributed by atoms with Gasteiger partial charge in [-0.3, -0.25) is 9.11 Å². The highest BCUT2D eigenvalue weighted by molar-refractivity contribution is 7.88. The molecular formula is C37H27Cl4F2N5O8S4. The van der Waals surface area contributed by atoms with Gasteiger partial charge in [0, 0.05) is 22.2 Å². The van der Waals surface area contributed by atoms with Crippen molar-refractivity contribution in [3.8, 4) is 11.4 Å². The van der Waals surface area contributed by atoms with E-state index in [4.69, 9.17) is 55.2 Å². The van der Waals surface area contributed by atoms with Gasteiger partial charge < -0.3 is 13.7 Å². The van der Waals surface area contributed by atoms with Crippen LogP contribution in [-0.4, -0.2) is 70.5 Å². The predicted octanol–water partition coefficient (Wildman–Crippen LogP) is 11.9. The number of furan rings is 2. The van der Waals surface area contributed by atoms with Crippen molar-refractivity contribution < 1.29 is 43.6 Å². The second-order valence-electron chi connectivity index (χ2n) is 13.4. The molecule has 0 radical (unpaired) electrons. The molecule has 314 valence electrons. The first-order valence-corrected chi connectivity index (χ1v) is 23.6. The number of hydrogen-bond acceptors (Lipinski definition) is 11. The molecule has 0 aliphatic carbocycles. The van der Waals surface area contributed by atoms with Crippen LogP contribution in [0.5, 0.6) is 0 Å². The summed E-state index contributed by atoms with van der Waals surface area (Å²) in [5, 5.41) is 10.0. The Morgan fingerprint density at radius 1 is 0.717 bits per heavy atom. The van der Waals surface area contributed by atoms with Crippen molar-refractivity contribution in [1.82, 2.24) is 24.5 Å². The summed E-state index contributed by atoms with van der Waals surface area (Å²) in [5.74, 6) is -1.35. The fourth-order valence-corrected chi connectivity index (χ4v) is 11.0. The Balaban J connectivity index is 0.941. The highest BCUT2D eigenvalue weighted by atomic mass is 35.5. The Kier molecular flexibility index (Phi) is 11.7. The zero-order valence-electron chi connectivity index (χ0n) is 30.5. The summed E-state index contributed by atoms with van der Waals surface area (Å²) in [6, 6.07) is 11.6. The van der Waals surface area contributed by atoms with Crippen LogP contribution in [0.1, 0.15) is 37.1 Å². The number of rotatable bonds is 14. The first kappa shape index (κ1) is 42.8. The predicted molar refractivity (Wildman–Crippen MR) is 231 cm³/mol. The fraction of sp³-hybridized carbons (Fsp3) is 0.189. The van der Waals surface area contributed by atoms with Gasteiger partial charge in [-0.15, -0.1) is 22.7 Å². The minimum atomic E-state index is -4.53. The Bertz CT molecular complexity index is 3080. The smallest absolute Gasteiger partial charge is 0.304 e. The third-order valence-corrected chi connectivity index (χ3v) is 15.2. The number of unbranched alkanes of at least 4 members (excludes halogenated alkanes) is 2.